The highest BCUT2D eigenvalue weighted by atomic mass is 127. The molecular formula is C20H33IN4S. The third-order valence-electron chi connectivity index (χ3n) is 5.02. The number of nitrogens with one attached hydrogen (secondary N) is 1. The summed E-state index contributed by atoms with van der Waals surface area (Å²) in [5.74, 6) is 2.19. The summed E-state index contributed by atoms with van der Waals surface area (Å²) in [5.41, 5.74) is 2.74. The predicted molar refractivity (Wildman–Crippen MR) is 125 cm³/mol. The van der Waals surface area contributed by atoms with Crippen molar-refractivity contribution < 1.29 is 0 Å². The van der Waals surface area contributed by atoms with Gasteiger partial charge in [0.2, 0.25) is 0 Å². The van der Waals surface area contributed by atoms with E-state index >= 15 is 0 Å². The summed E-state index contributed by atoms with van der Waals surface area (Å²) < 4.78 is 0.299. The van der Waals surface area contributed by atoms with Crippen LogP contribution < -0.4 is 5.32 Å². The Morgan fingerprint density at radius 1 is 1.12 bits per heavy atom. The Hall–Kier alpha value is -0.470. The van der Waals surface area contributed by atoms with Crippen LogP contribution in [0.1, 0.15) is 37.8 Å². The number of hydrogen-bond acceptors (Lipinski definition) is 3. The van der Waals surface area contributed by atoms with E-state index in [1.807, 2.05) is 7.05 Å². The number of thioether (sulfide) groups is 1. The smallest absolute Gasteiger partial charge is 0.193 e. The third kappa shape index (κ3) is 6.30. The third-order valence-corrected chi connectivity index (χ3v) is 6.31. The van der Waals surface area contributed by atoms with Crippen LogP contribution in [0, 0.1) is 0 Å². The minimum Gasteiger partial charge on any atom is -0.352 e. The molecule has 2 aliphatic rings. The van der Waals surface area contributed by atoms with E-state index in [9.17, 15) is 0 Å². The summed E-state index contributed by atoms with van der Waals surface area (Å²) in [5, 5.41) is 3.54. The van der Waals surface area contributed by atoms with Gasteiger partial charge in [0, 0.05) is 43.7 Å². The van der Waals surface area contributed by atoms with E-state index in [2.05, 4.69) is 70.0 Å². The SMILES string of the molecule is CN=C(NCc1ccc(CN2CCCC2)cc1)N1CCSC(C)(C)C1.I. The van der Waals surface area contributed by atoms with Gasteiger partial charge in [-0.15, -0.1) is 24.0 Å². The van der Waals surface area contributed by atoms with Crippen molar-refractivity contribution in [3.8, 4) is 0 Å². The van der Waals surface area contributed by atoms with Crippen molar-refractivity contribution in [3.63, 3.8) is 0 Å². The van der Waals surface area contributed by atoms with E-state index in [1.165, 1.54) is 42.8 Å². The highest BCUT2D eigenvalue weighted by molar-refractivity contribution is 14.0. The molecule has 0 atom stereocenters. The molecule has 3 rings (SSSR count). The zero-order chi connectivity index (χ0) is 17.7. The molecule has 0 saturated carbocycles. The van der Waals surface area contributed by atoms with Crippen LogP contribution in [0.4, 0.5) is 0 Å². The second kappa shape index (κ2) is 10.2. The summed E-state index contributed by atoms with van der Waals surface area (Å²) >= 11 is 2.05. The summed E-state index contributed by atoms with van der Waals surface area (Å²) in [6.07, 6.45) is 2.71. The van der Waals surface area contributed by atoms with Gasteiger partial charge in [0.1, 0.15) is 0 Å². The molecule has 0 bridgehead atoms. The summed E-state index contributed by atoms with van der Waals surface area (Å²) in [6.45, 7) is 11.2. The largest absolute Gasteiger partial charge is 0.352 e. The van der Waals surface area contributed by atoms with Crippen LogP contribution in [-0.2, 0) is 13.1 Å². The van der Waals surface area contributed by atoms with Crippen molar-refractivity contribution >= 4 is 41.7 Å². The zero-order valence-electron chi connectivity index (χ0n) is 16.3. The number of rotatable bonds is 4. The van der Waals surface area contributed by atoms with Crippen LogP contribution in [0.15, 0.2) is 29.3 Å². The van der Waals surface area contributed by atoms with Crippen molar-refractivity contribution in [2.75, 3.05) is 39.0 Å². The molecule has 2 heterocycles. The lowest BCUT2D eigenvalue weighted by molar-refractivity contribution is 0.331. The number of hydrogen-bond donors (Lipinski definition) is 1. The van der Waals surface area contributed by atoms with Crippen LogP contribution >= 0.6 is 35.7 Å². The fourth-order valence-corrected chi connectivity index (χ4v) is 4.78. The van der Waals surface area contributed by atoms with E-state index in [4.69, 9.17) is 0 Å². The molecule has 0 amide bonds. The first-order valence-electron chi connectivity index (χ1n) is 9.45. The lowest BCUT2D eigenvalue weighted by atomic mass is 10.1. The molecular weight excluding hydrogens is 455 g/mol. The maximum atomic E-state index is 4.49. The molecule has 0 unspecified atom stereocenters. The van der Waals surface area contributed by atoms with Gasteiger partial charge in [-0.1, -0.05) is 24.3 Å². The van der Waals surface area contributed by atoms with E-state index in [0.717, 1.165) is 32.1 Å². The average Bonchev–Trinajstić information content (AvgIpc) is 3.09. The lowest BCUT2D eigenvalue weighted by Gasteiger charge is -2.39. The van der Waals surface area contributed by atoms with Gasteiger partial charge in [0.25, 0.3) is 0 Å². The van der Waals surface area contributed by atoms with Crippen LogP contribution in [0.2, 0.25) is 0 Å². The maximum absolute atomic E-state index is 4.49. The first-order valence-corrected chi connectivity index (χ1v) is 10.4. The number of halogens is 1. The molecule has 26 heavy (non-hydrogen) atoms. The van der Waals surface area contributed by atoms with Crippen LogP contribution in [0.25, 0.3) is 0 Å². The topological polar surface area (TPSA) is 30.9 Å². The Kier molecular flexibility index (Phi) is 8.54. The van der Waals surface area contributed by atoms with Crippen LogP contribution in [-0.4, -0.2) is 59.5 Å². The highest BCUT2D eigenvalue weighted by Gasteiger charge is 2.28. The van der Waals surface area contributed by atoms with Crippen molar-refractivity contribution in [1.82, 2.24) is 15.1 Å². The van der Waals surface area contributed by atoms with E-state index in [0.29, 0.717) is 4.75 Å². The number of nitrogens with zero attached hydrogens (tertiary/aromatic N) is 3. The maximum Gasteiger partial charge on any atom is 0.193 e. The Labute approximate surface area is 180 Å². The fraction of sp³-hybridized carbons (Fsp3) is 0.650. The molecule has 2 fully saturated rings. The first kappa shape index (κ1) is 21.8. The monoisotopic (exact) mass is 488 g/mol. The van der Waals surface area contributed by atoms with Gasteiger partial charge >= 0.3 is 0 Å². The second-order valence-corrected chi connectivity index (χ2v) is 9.53. The standard InChI is InChI=1S/C20H32N4S.HI/c1-20(2)16-24(12-13-25-20)19(21-3)22-14-17-6-8-18(9-7-17)15-23-10-4-5-11-23;/h6-9H,4-5,10-16H2,1-3H3,(H,21,22);1H. The average molecular weight is 488 g/mol. The Morgan fingerprint density at radius 3 is 2.38 bits per heavy atom. The number of guanidine groups is 1. The number of benzene rings is 1. The van der Waals surface area contributed by atoms with E-state index < -0.39 is 0 Å². The Morgan fingerprint density at radius 2 is 1.77 bits per heavy atom. The van der Waals surface area contributed by atoms with Gasteiger partial charge < -0.3 is 10.2 Å². The van der Waals surface area contributed by atoms with Gasteiger partial charge in [-0.25, -0.2) is 0 Å². The predicted octanol–water partition coefficient (Wildman–Crippen LogP) is 3.80. The van der Waals surface area contributed by atoms with Gasteiger partial charge in [0.15, 0.2) is 5.96 Å². The van der Waals surface area contributed by atoms with Crippen molar-refractivity contribution in [2.24, 2.45) is 4.99 Å². The molecule has 4 nitrogen and oxygen atoms in total. The molecule has 2 saturated heterocycles. The lowest BCUT2D eigenvalue weighted by Crippen LogP contribution is -2.50. The molecule has 2 aliphatic heterocycles. The summed E-state index contributed by atoms with van der Waals surface area (Å²) in [6, 6.07) is 9.06. The molecule has 0 aromatic heterocycles. The van der Waals surface area contributed by atoms with E-state index in [-0.39, 0.29) is 24.0 Å². The molecule has 1 aromatic rings. The van der Waals surface area contributed by atoms with Crippen LogP contribution in [0.3, 0.4) is 0 Å². The second-order valence-electron chi connectivity index (χ2n) is 7.73. The van der Waals surface area contributed by atoms with Gasteiger partial charge in [-0.2, -0.15) is 11.8 Å². The molecule has 1 N–H and O–H groups in total. The molecule has 0 radical (unpaired) electrons. The van der Waals surface area contributed by atoms with Gasteiger partial charge in [-0.3, -0.25) is 9.89 Å². The molecule has 1 aromatic carbocycles. The van der Waals surface area contributed by atoms with Crippen molar-refractivity contribution in [1.29, 1.82) is 0 Å². The molecule has 6 heteroatoms. The molecule has 0 aliphatic carbocycles. The minimum absolute atomic E-state index is 0. The van der Waals surface area contributed by atoms with Crippen molar-refractivity contribution in [3.05, 3.63) is 35.4 Å². The first-order chi connectivity index (χ1) is 12.1. The Bertz CT molecular complexity index is 582. The van der Waals surface area contributed by atoms with Gasteiger partial charge in [-0.05, 0) is 50.9 Å². The fourth-order valence-electron chi connectivity index (χ4n) is 3.67. The van der Waals surface area contributed by atoms with E-state index in [1.54, 1.807) is 0 Å². The normalized spacial score (nSPS) is 20.7. The Balaban J connectivity index is 0.00000243. The van der Waals surface area contributed by atoms with Crippen LogP contribution in [0.5, 0.6) is 0 Å². The molecule has 146 valence electrons. The highest BCUT2D eigenvalue weighted by Crippen LogP contribution is 2.29. The molecule has 0 spiro atoms. The summed E-state index contributed by atoms with van der Waals surface area (Å²) in [4.78, 5) is 9.43. The number of likely N-dealkylation sites (tertiary alicyclic amines) is 1. The summed E-state index contributed by atoms with van der Waals surface area (Å²) in [7, 11) is 1.89. The number of aliphatic imine (C=N–C) groups is 1. The quantitative estimate of drug-likeness (QED) is 0.397. The minimum atomic E-state index is 0. The van der Waals surface area contributed by atoms with Crippen molar-refractivity contribution in [2.45, 2.75) is 44.5 Å². The zero-order valence-corrected chi connectivity index (χ0v) is 19.5. The van der Waals surface area contributed by atoms with Gasteiger partial charge in [0.05, 0.1) is 0 Å².